The van der Waals surface area contributed by atoms with E-state index in [-0.39, 0.29) is 0 Å². The molecule has 3 unspecified atom stereocenters. The fourth-order valence-electron chi connectivity index (χ4n) is 1.91. The number of carboxylic acid groups (broad SMARTS) is 3. The van der Waals surface area contributed by atoms with Crippen molar-refractivity contribution in [3.8, 4) is 0 Å². The van der Waals surface area contributed by atoms with Crippen molar-refractivity contribution in [2.45, 2.75) is 37.4 Å². The number of carboxylic acids is 3. The highest BCUT2D eigenvalue weighted by atomic mass is 16.4. The number of primary amides is 1. The molecule has 0 aliphatic carbocycles. The molecule has 0 fully saturated rings. The molecule has 0 saturated heterocycles. The van der Waals surface area contributed by atoms with Gasteiger partial charge in [0.05, 0.1) is 25.3 Å². The van der Waals surface area contributed by atoms with Gasteiger partial charge < -0.3 is 42.7 Å². The zero-order valence-electron chi connectivity index (χ0n) is 14.9. The molecule has 0 radical (unpaired) electrons. The smallest absolute Gasteiger partial charge is 0.322 e. The summed E-state index contributed by atoms with van der Waals surface area (Å²) < 4.78 is 0. The number of hydrogen-bond acceptors (Lipinski definition) is 8. The van der Waals surface area contributed by atoms with Gasteiger partial charge in [0, 0.05) is 0 Å². The van der Waals surface area contributed by atoms with E-state index in [0.29, 0.717) is 0 Å². The van der Waals surface area contributed by atoms with Crippen LogP contribution in [-0.4, -0.2) is 81.5 Å². The molecule has 10 N–H and O–H groups in total. The topological polar surface area (TPSA) is 268 Å². The van der Waals surface area contributed by atoms with Gasteiger partial charge in [-0.25, -0.2) is 0 Å². The second kappa shape index (κ2) is 11.9. The Bertz CT molecular complexity index is 694. The molecule has 15 heteroatoms. The molecule has 0 aromatic heterocycles. The Labute approximate surface area is 162 Å². The van der Waals surface area contributed by atoms with Gasteiger partial charge >= 0.3 is 17.9 Å². The molecular formula is C14H21N5O10. The molecule has 0 rings (SSSR count). The lowest BCUT2D eigenvalue weighted by Crippen LogP contribution is -2.57. The van der Waals surface area contributed by atoms with E-state index < -0.39 is 85.5 Å². The maximum atomic E-state index is 12.3. The number of nitrogens with one attached hydrogen (secondary N) is 3. The van der Waals surface area contributed by atoms with Gasteiger partial charge in [-0.05, 0) is 0 Å². The summed E-state index contributed by atoms with van der Waals surface area (Å²) >= 11 is 0. The number of hydrogen-bond donors (Lipinski definition) is 8. The van der Waals surface area contributed by atoms with E-state index in [0.717, 1.165) is 0 Å². The molecule has 0 spiro atoms. The minimum absolute atomic E-state index is 0.591. The number of rotatable bonds is 13. The minimum atomic E-state index is -1.78. The number of aliphatic carboxylic acids is 3. The zero-order valence-corrected chi connectivity index (χ0v) is 14.9. The second-order valence-corrected chi connectivity index (χ2v) is 5.71. The summed E-state index contributed by atoms with van der Waals surface area (Å²) in [6, 6.07) is -5.01. The quantitative estimate of drug-likeness (QED) is 0.140. The molecular weight excluding hydrogens is 398 g/mol. The van der Waals surface area contributed by atoms with Crippen LogP contribution >= 0.6 is 0 Å². The Balaban J connectivity index is 5.30. The molecule has 3 atom stereocenters. The van der Waals surface area contributed by atoms with Crippen LogP contribution < -0.4 is 27.4 Å². The van der Waals surface area contributed by atoms with Gasteiger partial charge in [-0.1, -0.05) is 0 Å². The average Bonchev–Trinajstić information content (AvgIpc) is 2.56. The largest absolute Gasteiger partial charge is 0.481 e. The summed E-state index contributed by atoms with van der Waals surface area (Å²) in [6.07, 6.45) is -2.50. The molecule has 0 saturated carbocycles. The monoisotopic (exact) mass is 419 g/mol. The van der Waals surface area contributed by atoms with Crippen molar-refractivity contribution in [1.82, 2.24) is 16.0 Å². The van der Waals surface area contributed by atoms with Gasteiger partial charge in [-0.3, -0.25) is 33.6 Å². The van der Waals surface area contributed by atoms with Crippen LogP contribution in [0.3, 0.4) is 0 Å². The Morgan fingerprint density at radius 1 is 0.690 bits per heavy atom. The summed E-state index contributed by atoms with van der Waals surface area (Å²) in [7, 11) is 0. The van der Waals surface area contributed by atoms with Crippen molar-refractivity contribution >= 4 is 41.5 Å². The summed E-state index contributed by atoms with van der Waals surface area (Å²) in [5.74, 6) is -8.91. The minimum Gasteiger partial charge on any atom is -0.481 e. The van der Waals surface area contributed by atoms with Crippen LogP contribution in [0.1, 0.15) is 19.3 Å². The average molecular weight is 419 g/mol. The molecule has 0 heterocycles. The predicted molar refractivity (Wildman–Crippen MR) is 90.8 cm³/mol. The number of amides is 4. The summed E-state index contributed by atoms with van der Waals surface area (Å²) in [5.41, 5.74) is 10.3. The van der Waals surface area contributed by atoms with Crippen molar-refractivity contribution in [3.63, 3.8) is 0 Å². The molecule has 29 heavy (non-hydrogen) atoms. The molecule has 0 bridgehead atoms. The Hall–Kier alpha value is -3.75. The lowest BCUT2D eigenvalue weighted by atomic mass is 10.1. The lowest BCUT2D eigenvalue weighted by Gasteiger charge is -2.22. The van der Waals surface area contributed by atoms with Crippen molar-refractivity contribution < 1.29 is 48.9 Å². The Morgan fingerprint density at radius 3 is 1.55 bits per heavy atom. The van der Waals surface area contributed by atoms with Crippen LogP contribution in [0.2, 0.25) is 0 Å². The third-order valence-corrected chi connectivity index (χ3v) is 3.20. The molecule has 162 valence electrons. The summed E-state index contributed by atoms with van der Waals surface area (Å²) in [5, 5.41) is 32.0. The molecule has 0 aromatic carbocycles. The highest BCUT2D eigenvalue weighted by Gasteiger charge is 2.31. The van der Waals surface area contributed by atoms with Gasteiger partial charge in [0.15, 0.2) is 0 Å². The third kappa shape index (κ3) is 10.9. The Morgan fingerprint density at radius 2 is 1.14 bits per heavy atom. The first kappa shape index (κ1) is 25.2. The van der Waals surface area contributed by atoms with E-state index in [1.807, 2.05) is 16.0 Å². The van der Waals surface area contributed by atoms with Crippen molar-refractivity contribution in [1.29, 1.82) is 0 Å². The number of carbonyl (C=O) groups is 7. The first-order chi connectivity index (χ1) is 13.3. The highest BCUT2D eigenvalue weighted by molar-refractivity contribution is 5.97. The van der Waals surface area contributed by atoms with E-state index in [1.165, 1.54) is 0 Å². The van der Waals surface area contributed by atoms with E-state index in [2.05, 4.69) is 0 Å². The Kier molecular flexibility index (Phi) is 10.3. The highest BCUT2D eigenvalue weighted by Crippen LogP contribution is 2.00. The first-order valence-electron chi connectivity index (χ1n) is 7.91. The zero-order chi connectivity index (χ0) is 22.7. The standard InChI is InChI=1S/C14H21N5O10/c15-5(1-8(16)20)12(27)18-7(3-10(23)24)14(29)19-6(2-9(21)22)13(28)17-4-11(25)26/h5-7H,1-4,15H2,(H2,16,20)(H,17,28)(H,18,27)(H,19,29)(H,21,22)(H,23,24)(H,25,26). The normalized spacial score (nSPS) is 13.3. The van der Waals surface area contributed by atoms with Gasteiger partial charge in [-0.2, -0.15) is 0 Å². The molecule has 0 aliphatic heterocycles. The SMILES string of the molecule is NC(=O)CC(N)C(=O)NC(CC(=O)O)C(=O)NC(CC(=O)O)C(=O)NCC(=O)O. The van der Waals surface area contributed by atoms with Crippen LogP contribution in [-0.2, 0) is 33.6 Å². The second-order valence-electron chi connectivity index (χ2n) is 5.71. The van der Waals surface area contributed by atoms with Crippen LogP contribution in [0.25, 0.3) is 0 Å². The van der Waals surface area contributed by atoms with E-state index in [1.54, 1.807) is 0 Å². The maximum Gasteiger partial charge on any atom is 0.322 e. The van der Waals surface area contributed by atoms with Crippen LogP contribution in [0.5, 0.6) is 0 Å². The van der Waals surface area contributed by atoms with Gasteiger partial charge in [-0.15, -0.1) is 0 Å². The van der Waals surface area contributed by atoms with E-state index in [4.69, 9.17) is 26.8 Å². The fraction of sp³-hybridized carbons (Fsp3) is 0.500. The maximum absolute atomic E-state index is 12.3. The van der Waals surface area contributed by atoms with Crippen molar-refractivity contribution in [3.05, 3.63) is 0 Å². The number of nitrogens with two attached hydrogens (primary N) is 2. The van der Waals surface area contributed by atoms with E-state index in [9.17, 15) is 33.6 Å². The predicted octanol–water partition coefficient (Wildman–Crippen LogP) is -4.69. The van der Waals surface area contributed by atoms with Crippen LogP contribution in [0, 0.1) is 0 Å². The molecule has 0 aromatic rings. The van der Waals surface area contributed by atoms with Crippen LogP contribution in [0.15, 0.2) is 0 Å². The molecule has 0 aliphatic rings. The molecule has 4 amide bonds. The van der Waals surface area contributed by atoms with Gasteiger partial charge in [0.25, 0.3) is 0 Å². The summed E-state index contributed by atoms with van der Waals surface area (Å²) in [6.45, 7) is -0.859. The molecule has 15 nitrogen and oxygen atoms in total. The fourth-order valence-corrected chi connectivity index (χ4v) is 1.91. The third-order valence-electron chi connectivity index (χ3n) is 3.20. The van der Waals surface area contributed by atoms with Gasteiger partial charge in [0.1, 0.15) is 18.6 Å². The van der Waals surface area contributed by atoms with Crippen molar-refractivity contribution in [2.75, 3.05) is 6.54 Å². The van der Waals surface area contributed by atoms with Gasteiger partial charge in [0.2, 0.25) is 23.6 Å². The van der Waals surface area contributed by atoms with Crippen LogP contribution in [0.4, 0.5) is 0 Å². The summed E-state index contributed by atoms with van der Waals surface area (Å²) in [4.78, 5) is 79.2. The lowest BCUT2D eigenvalue weighted by molar-refractivity contribution is -0.143. The van der Waals surface area contributed by atoms with Crippen molar-refractivity contribution in [2.24, 2.45) is 11.5 Å². The number of carbonyl (C=O) groups excluding carboxylic acids is 4. The first-order valence-corrected chi connectivity index (χ1v) is 7.91. The van der Waals surface area contributed by atoms with E-state index >= 15 is 0 Å².